The highest BCUT2D eigenvalue weighted by Gasteiger charge is 2.29. The van der Waals surface area contributed by atoms with Gasteiger partial charge in [0.25, 0.3) is 0 Å². The average molecular weight is 620 g/mol. The van der Waals surface area contributed by atoms with Crippen LogP contribution >= 0.6 is 0 Å². The van der Waals surface area contributed by atoms with Crippen molar-refractivity contribution in [2.24, 2.45) is 0 Å². The van der Waals surface area contributed by atoms with Crippen molar-refractivity contribution in [3.63, 3.8) is 0 Å². The van der Waals surface area contributed by atoms with Gasteiger partial charge in [-0.25, -0.2) is 8.42 Å². The van der Waals surface area contributed by atoms with Crippen molar-refractivity contribution in [2.45, 2.75) is 74.7 Å². The van der Waals surface area contributed by atoms with E-state index in [1.807, 2.05) is 58.9 Å². The number of ether oxygens (including phenoxy) is 4. The van der Waals surface area contributed by atoms with Gasteiger partial charge < -0.3 is 28.4 Å². The van der Waals surface area contributed by atoms with Crippen LogP contribution in [0, 0.1) is 0 Å². The highest BCUT2D eigenvalue weighted by molar-refractivity contribution is 7.97. The molecular formula is C32H45NO7S2. The molecule has 0 spiro atoms. The van der Waals surface area contributed by atoms with E-state index in [1.54, 1.807) is 0 Å². The molecule has 232 valence electrons. The minimum atomic E-state index is -3.94. The number of nitrogens with zero attached hydrogens (tertiary/aromatic N) is 1. The van der Waals surface area contributed by atoms with Crippen LogP contribution in [0.15, 0.2) is 87.5 Å². The number of rotatable bonds is 15. The van der Waals surface area contributed by atoms with Crippen LogP contribution in [-0.2, 0) is 30.5 Å². The van der Waals surface area contributed by atoms with Gasteiger partial charge in [-0.1, -0.05) is 13.3 Å². The molecule has 0 aliphatic rings. The maximum Gasteiger partial charge on any atom is 0.196 e. The zero-order chi connectivity index (χ0) is 31.1. The van der Waals surface area contributed by atoms with Crippen molar-refractivity contribution in [2.75, 3.05) is 38.0 Å². The van der Waals surface area contributed by atoms with Gasteiger partial charge in [0.1, 0.15) is 11.5 Å². The average Bonchev–Trinajstić information content (AvgIpc) is 2.94. The highest BCUT2D eigenvalue weighted by Crippen LogP contribution is 2.34. The first kappa shape index (κ1) is 35.4. The number of anilines is 1. The molecule has 2 atom stereocenters. The Balaban J connectivity index is 0.000000675. The Bertz CT molecular complexity index is 1210. The molecule has 0 bridgehead atoms. The summed E-state index contributed by atoms with van der Waals surface area (Å²) in [6.45, 7) is 10.8. The van der Waals surface area contributed by atoms with Crippen LogP contribution in [0.25, 0.3) is 0 Å². The molecule has 0 amide bonds. The maximum atomic E-state index is 9.83. The van der Waals surface area contributed by atoms with E-state index < -0.39 is 10.1 Å². The molecule has 0 heterocycles. The van der Waals surface area contributed by atoms with Gasteiger partial charge in [-0.05, 0) is 107 Å². The topological polar surface area (TPSA) is 97.4 Å². The number of hydrogen-bond donors (Lipinski definition) is 0. The first-order valence-corrected chi connectivity index (χ1v) is 17.0. The van der Waals surface area contributed by atoms with E-state index in [2.05, 4.69) is 67.5 Å². The lowest BCUT2D eigenvalue weighted by molar-refractivity contribution is -0.0616. The number of unbranched alkanes of at least 4 members (excludes halogenated alkanes) is 1. The van der Waals surface area contributed by atoms with Crippen LogP contribution in [0.5, 0.6) is 11.5 Å². The highest BCUT2D eigenvalue weighted by atomic mass is 32.2. The fourth-order valence-corrected chi connectivity index (χ4v) is 6.52. The van der Waals surface area contributed by atoms with Crippen LogP contribution in [0.3, 0.4) is 0 Å². The van der Waals surface area contributed by atoms with Gasteiger partial charge in [0, 0.05) is 38.7 Å². The van der Waals surface area contributed by atoms with E-state index in [4.69, 9.17) is 18.9 Å². The van der Waals surface area contributed by atoms with Crippen molar-refractivity contribution in [1.82, 2.24) is 0 Å². The van der Waals surface area contributed by atoms with Gasteiger partial charge in [0.2, 0.25) is 0 Å². The van der Waals surface area contributed by atoms with Gasteiger partial charge in [0.15, 0.2) is 27.3 Å². The summed E-state index contributed by atoms with van der Waals surface area (Å²) in [6.07, 6.45) is 0.673. The van der Waals surface area contributed by atoms with Crippen LogP contribution in [0.2, 0.25) is 0 Å². The van der Waals surface area contributed by atoms with Crippen LogP contribution < -0.4 is 14.4 Å². The molecule has 2 unspecified atom stereocenters. The molecule has 0 saturated heterocycles. The van der Waals surface area contributed by atoms with E-state index in [0.29, 0.717) is 19.6 Å². The molecule has 0 aliphatic carbocycles. The van der Waals surface area contributed by atoms with Crippen LogP contribution in [-0.4, -0.2) is 58.6 Å². The van der Waals surface area contributed by atoms with E-state index in [1.165, 1.54) is 20.4 Å². The molecule has 0 fully saturated rings. The van der Waals surface area contributed by atoms with Gasteiger partial charge in [0.05, 0.1) is 21.0 Å². The van der Waals surface area contributed by atoms with E-state index in [9.17, 15) is 13.0 Å². The Hall–Kier alpha value is -2.76. The summed E-state index contributed by atoms with van der Waals surface area (Å²) < 4.78 is 52.2. The van der Waals surface area contributed by atoms with E-state index in [-0.39, 0.29) is 29.2 Å². The lowest BCUT2D eigenvalue weighted by Crippen LogP contribution is -2.16. The Morgan fingerprint density at radius 3 is 1.38 bits per heavy atom. The minimum absolute atomic E-state index is 0.219. The predicted molar refractivity (Wildman–Crippen MR) is 169 cm³/mol. The molecule has 0 saturated carbocycles. The Kier molecular flexibility index (Phi) is 15.2. The smallest absolute Gasteiger partial charge is 0.196 e. The Labute approximate surface area is 255 Å². The van der Waals surface area contributed by atoms with Gasteiger partial charge in [-0.2, -0.15) is 0 Å². The van der Waals surface area contributed by atoms with Crippen molar-refractivity contribution in [3.8, 4) is 11.5 Å². The van der Waals surface area contributed by atoms with Crippen molar-refractivity contribution >= 4 is 26.7 Å². The van der Waals surface area contributed by atoms with E-state index >= 15 is 0 Å². The summed E-state index contributed by atoms with van der Waals surface area (Å²) in [5.74, 6) is 1.37. The number of hydrogen-bond acceptors (Lipinski definition) is 8. The second-order valence-electron chi connectivity index (χ2n) is 9.53. The van der Waals surface area contributed by atoms with Gasteiger partial charge in [-0.3, -0.25) is 0 Å². The third kappa shape index (κ3) is 12.6. The maximum absolute atomic E-state index is 9.83. The van der Waals surface area contributed by atoms with Crippen LogP contribution in [0.4, 0.5) is 5.69 Å². The molecule has 3 aromatic carbocycles. The molecule has 3 rings (SSSR count). The zero-order valence-electron chi connectivity index (χ0n) is 25.7. The summed E-state index contributed by atoms with van der Waals surface area (Å²) >= 11 is 0. The lowest BCUT2D eigenvalue weighted by atomic mass is 10.3. The molecule has 3 aromatic rings. The largest absolute Gasteiger partial charge is 0.748 e. The third-order valence-corrected chi connectivity index (χ3v) is 8.88. The summed E-state index contributed by atoms with van der Waals surface area (Å²) in [7, 11) is -0.105. The van der Waals surface area contributed by atoms with Gasteiger partial charge in [-0.15, -0.1) is 0 Å². The van der Waals surface area contributed by atoms with Crippen LogP contribution in [0.1, 0.15) is 47.5 Å². The first-order valence-electron chi connectivity index (χ1n) is 14.2. The van der Waals surface area contributed by atoms with Gasteiger partial charge >= 0.3 is 0 Å². The fourth-order valence-electron chi connectivity index (χ4n) is 3.84. The molecular weight excluding hydrogens is 574 g/mol. The third-order valence-electron chi connectivity index (χ3n) is 5.86. The summed E-state index contributed by atoms with van der Waals surface area (Å²) in [4.78, 5) is 5.79. The predicted octanol–water partition coefficient (Wildman–Crippen LogP) is 6.70. The minimum Gasteiger partial charge on any atom is -0.748 e. The second-order valence-corrected chi connectivity index (χ2v) is 13.1. The summed E-state index contributed by atoms with van der Waals surface area (Å²) in [5, 5.41) is 0. The first-order chi connectivity index (χ1) is 20.0. The zero-order valence-corrected chi connectivity index (χ0v) is 27.4. The summed E-state index contributed by atoms with van der Waals surface area (Å²) in [6, 6.07) is 25.4. The lowest BCUT2D eigenvalue weighted by Gasteiger charge is -2.16. The quantitative estimate of drug-likeness (QED) is 0.105. The Morgan fingerprint density at radius 1 is 0.714 bits per heavy atom. The fraction of sp³-hybridized carbons (Fsp3) is 0.438. The molecule has 0 aliphatic heterocycles. The summed E-state index contributed by atoms with van der Waals surface area (Å²) in [5.41, 5.74) is 1.18. The molecule has 0 aromatic heterocycles. The molecule has 0 N–H and O–H groups in total. The second kappa shape index (κ2) is 18.0. The molecule has 8 nitrogen and oxygen atoms in total. The monoisotopic (exact) mass is 619 g/mol. The molecule has 10 heteroatoms. The standard InChI is InChI=1S/C28H36NO4S.C4H10O3S/c1-7-30-21(3)32-24-11-17-27(18-12-24)34(26-15-9-23(10-16-26)29(5)6)28-19-13-25(14-20-28)33-22(4)31-8-2;1-2-3-4-8(5,6)7/h9-22H,7-8H2,1-6H3;2-4H2,1H3,(H,5,6,7)/q+1;/p-1. The SMILES string of the molecule is CCCCS(=O)(=O)[O-].CCOC(C)Oc1ccc([S+](c2ccc(OC(C)OCC)cc2)c2ccc(N(C)C)cc2)cc1. The van der Waals surface area contributed by atoms with E-state index in [0.717, 1.165) is 17.9 Å². The van der Waals surface area contributed by atoms with Crippen molar-refractivity contribution < 1.29 is 31.9 Å². The Morgan fingerprint density at radius 2 is 1.10 bits per heavy atom. The van der Waals surface area contributed by atoms with Crippen molar-refractivity contribution in [3.05, 3.63) is 72.8 Å². The normalized spacial score (nSPS) is 13.3. The number of benzene rings is 3. The molecule has 42 heavy (non-hydrogen) atoms. The van der Waals surface area contributed by atoms with Crippen molar-refractivity contribution in [1.29, 1.82) is 0 Å². The molecule has 0 radical (unpaired) electrons.